The Morgan fingerprint density at radius 1 is 0.267 bits per heavy atom. The summed E-state index contributed by atoms with van der Waals surface area (Å²) in [4.78, 5) is 42.5. The van der Waals surface area contributed by atoms with Crippen molar-refractivity contribution in [3.05, 3.63) is 123 Å². The quantitative estimate of drug-likeness (QED) is 0.156. The van der Waals surface area contributed by atoms with Gasteiger partial charge in [0.1, 0.15) is 22.1 Å². The van der Waals surface area contributed by atoms with Gasteiger partial charge in [-0.2, -0.15) is 0 Å². The largest absolute Gasteiger partial charge is 2.00 e. The van der Waals surface area contributed by atoms with E-state index in [1.807, 2.05) is 36.4 Å². The smallest absolute Gasteiger partial charge is 1.00 e. The molecule has 0 aliphatic heterocycles. The Balaban J connectivity index is 0.000000149. The molecule has 0 aliphatic rings. The number of hydrogen-bond acceptors (Lipinski definition) is 10. The normalized spacial score (nSPS) is 10.1. The van der Waals surface area contributed by atoms with Gasteiger partial charge in [-0.05, 0) is 36.4 Å². The summed E-state index contributed by atoms with van der Waals surface area (Å²) in [5.41, 5.74) is 8.56. The van der Waals surface area contributed by atoms with Crippen LogP contribution in [-0.2, 0) is 19.5 Å². The standard InChI is InChI=1S/C12H8N2.2C10H6N4.2ClH.Ru/c1-3-9-5-6-10-4-2-8-14-12(10)11(9)13-7-1;2*1-2-8-10(14-6-4-12-8)9-7(1)11-3-5-13-9;;;/h1-8H;2*1-6H;2*1H;/q;;;;;+2/p-2. The molecule has 6 aromatic heterocycles. The third kappa shape index (κ3) is 6.91. The van der Waals surface area contributed by atoms with Crippen LogP contribution in [0.2, 0.25) is 0 Å². The summed E-state index contributed by atoms with van der Waals surface area (Å²) in [6, 6.07) is 19.7. The van der Waals surface area contributed by atoms with Gasteiger partial charge in [0.15, 0.2) is 0 Å². The van der Waals surface area contributed by atoms with E-state index in [2.05, 4.69) is 74.1 Å². The van der Waals surface area contributed by atoms with Crippen LogP contribution in [0.1, 0.15) is 0 Å². The maximum Gasteiger partial charge on any atom is 2.00 e. The van der Waals surface area contributed by atoms with Crippen LogP contribution in [0, 0.1) is 0 Å². The van der Waals surface area contributed by atoms with Crippen molar-refractivity contribution >= 4 is 65.9 Å². The van der Waals surface area contributed by atoms with Gasteiger partial charge in [0.05, 0.1) is 33.1 Å². The first kappa shape index (κ1) is 32.9. The number of pyridine rings is 2. The molecule has 45 heavy (non-hydrogen) atoms. The fraction of sp³-hybridized carbons (Fsp3) is 0. The molecule has 10 nitrogen and oxygen atoms in total. The van der Waals surface area contributed by atoms with Crippen molar-refractivity contribution in [2.45, 2.75) is 0 Å². The van der Waals surface area contributed by atoms with Crippen LogP contribution in [-0.4, -0.2) is 49.8 Å². The molecule has 0 amide bonds. The van der Waals surface area contributed by atoms with E-state index < -0.39 is 0 Å². The van der Waals surface area contributed by atoms with E-state index in [0.29, 0.717) is 0 Å². The minimum absolute atomic E-state index is 0. The average molecular weight is 717 g/mol. The van der Waals surface area contributed by atoms with Gasteiger partial charge in [-0.15, -0.1) is 0 Å². The molecule has 0 unspecified atom stereocenters. The molecule has 0 bridgehead atoms. The van der Waals surface area contributed by atoms with Gasteiger partial charge in [0, 0.05) is 72.7 Å². The van der Waals surface area contributed by atoms with E-state index in [0.717, 1.165) is 65.9 Å². The number of fused-ring (bicyclic) bond motifs is 9. The average Bonchev–Trinajstić information content (AvgIpc) is 3.09. The molecule has 0 radical (unpaired) electrons. The van der Waals surface area contributed by atoms with Crippen LogP contribution in [0.15, 0.2) is 123 Å². The fourth-order valence-corrected chi connectivity index (χ4v) is 4.61. The van der Waals surface area contributed by atoms with Crippen molar-refractivity contribution < 1.29 is 44.3 Å². The molecule has 0 atom stereocenters. The Labute approximate surface area is 281 Å². The Morgan fingerprint density at radius 2 is 0.533 bits per heavy atom. The van der Waals surface area contributed by atoms with Gasteiger partial charge in [0.25, 0.3) is 0 Å². The first-order chi connectivity index (χ1) is 20.8. The second-order valence-electron chi connectivity index (χ2n) is 9.04. The number of aromatic nitrogens is 10. The molecule has 13 heteroatoms. The van der Waals surface area contributed by atoms with Gasteiger partial charge in [-0.1, -0.05) is 24.3 Å². The van der Waals surface area contributed by atoms with E-state index in [1.54, 1.807) is 62.0 Å². The molecule has 3 aromatic carbocycles. The minimum atomic E-state index is 0. The minimum Gasteiger partial charge on any atom is -1.00 e. The fourth-order valence-electron chi connectivity index (χ4n) is 4.61. The van der Waals surface area contributed by atoms with Crippen molar-refractivity contribution in [1.29, 1.82) is 0 Å². The number of hydrogen-bond donors (Lipinski definition) is 0. The molecule has 9 aromatic rings. The molecule has 9 rings (SSSR count). The maximum atomic E-state index is 4.35. The van der Waals surface area contributed by atoms with E-state index in [1.165, 1.54) is 0 Å². The van der Waals surface area contributed by atoms with Crippen LogP contribution < -0.4 is 24.8 Å². The SMILES string of the molecule is [Cl-].[Cl-].[Ru+2].c1cnc2c(c1)ccc1cccnc12.c1cnc2c(ccc3nccnc32)n1.c1cnc2c(ccc3nccnc32)n1. The van der Waals surface area contributed by atoms with Crippen LogP contribution in [0.5, 0.6) is 0 Å². The van der Waals surface area contributed by atoms with Gasteiger partial charge in [-0.3, -0.25) is 49.8 Å². The number of benzene rings is 3. The molecule has 0 spiro atoms. The van der Waals surface area contributed by atoms with E-state index in [4.69, 9.17) is 0 Å². The summed E-state index contributed by atoms with van der Waals surface area (Å²) in [7, 11) is 0. The summed E-state index contributed by atoms with van der Waals surface area (Å²) < 4.78 is 0. The number of halogens is 2. The second kappa shape index (κ2) is 15.2. The van der Waals surface area contributed by atoms with Crippen molar-refractivity contribution in [3.8, 4) is 0 Å². The van der Waals surface area contributed by atoms with Crippen molar-refractivity contribution in [1.82, 2.24) is 49.8 Å². The molecular formula is C32H20Cl2N10Ru. The molecule has 0 aliphatic carbocycles. The summed E-state index contributed by atoms with van der Waals surface area (Å²) in [5, 5.41) is 2.28. The zero-order valence-electron chi connectivity index (χ0n) is 23.1. The third-order valence-electron chi connectivity index (χ3n) is 6.50. The van der Waals surface area contributed by atoms with Crippen LogP contribution in [0.3, 0.4) is 0 Å². The zero-order chi connectivity index (χ0) is 28.1. The zero-order valence-corrected chi connectivity index (χ0v) is 26.4. The van der Waals surface area contributed by atoms with E-state index in [9.17, 15) is 0 Å². The monoisotopic (exact) mass is 716 g/mol. The molecule has 0 saturated heterocycles. The predicted molar refractivity (Wildman–Crippen MR) is 162 cm³/mol. The first-order valence-electron chi connectivity index (χ1n) is 13.0. The van der Waals surface area contributed by atoms with E-state index in [-0.39, 0.29) is 44.3 Å². The molecule has 0 saturated carbocycles. The van der Waals surface area contributed by atoms with Crippen molar-refractivity contribution in [2.75, 3.05) is 0 Å². The number of nitrogens with zero attached hydrogens (tertiary/aromatic N) is 10. The third-order valence-corrected chi connectivity index (χ3v) is 6.50. The topological polar surface area (TPSA) is 129 Å². The molecule has 6 heterocycles. The maximum absolute atomic E-state index is 4.35. The summed E-state index contributed by atoms with van der Waals surface area (Å²) >= 11 is 0. The van der Waals surface area contributed by atoms with Crippen molar-refractivity contribution in [2.24, 2.45) is 0 Å². The summed E-state index contributed by atoms with van der Waals surface area (Å²) in [6.45, 7) is 0. The van der Waals surface area contributed by atoms with Crippen molar-refractivity contribution in [3.63, 3.8) is 0 Å². The van der Waals surface area contributed by atoms with Crippen LogP contribution in [0.4, 0.5) is 0 Å². The van der Waals surface area contributed by atoms with Crippen LogP contribution in [0.25, 0.3) is 65.9 Å². The van der Waals surface area contributed by atoms with Gasteiger partial charge < -0.3 is 24.8 Å². The predicted octanol–water partition coefficient (Wildman–Crippen LogP) is -0.0655. The molecule has 0 N–H and O–H groups in total. The van der Waals surface area contributed by atoms with Gasteiger partial charge >= 0.3 is 19.5 Å². The Hall–Kier alpha value is -4.96. The number of rotatable bonds is 0. The second-order valence-corrected chi connectivity index (χ2v) is 9.04. The summed E-state index contributed by atoms with van der Waals surface area (Å²) in [6.07, 6.45) is 16.9. The first-order valence-corrected chi connectivity index (χ1v) is 13.0. The Bertz CT molecular complexity index is 1930. The molecular weight excluding hydrogens is 696 g/mol. The van der Waals surface area contributed by atoms with Gasteiger partial charge in [0.2, 0.25) is 0 Å². The Kier molecular flexibility index (Phi) is 11.1. The summed E-state index contributed by atoms with van der Waals surface area (Å²) in [5.74, 6) is 0. The van der Waals surface area contributed by atoms with Gasteiger partial charge in [-0.25, -0.2) is 0 Å². The Morgan fingerprint density at radius 3 is 0.844 bits per heavy atom. The molecule has 0 fully saturated rings. The van der Waals surface area contributed by atoms with Crippen LogP contribution >= 0.6 is 0 Å². The molecule has 220 valence electrons. The van der Waals surface area contributed by atoms with E-state index >= 15 is 0 Å².